The molecule has 0 aliphatic carbocycles. The van der Waals surface area contributed by atoms with Gasteiger partial charge in [-0.2, -0.15) is 0 Å². The Balaban J connectivity index is 2.28. The molecule has 0 spiro atoms. The van der Waals surface area contributed by atoms with Crippen LogP contribution in [0, 0.1) is 0 Å². The molecule has 1 aromatic rings. The summed E-state index contributed by atoms with van der Waals surface area (Å²) in [6.45, 7) is -0.0883. The molecule has 0 aliphatic rings. The smallest absolute Gasteiger partial charge is 0.305 e. The van der Waals surface area contributed by atoms with Gasteiger partial charge < -0.3 is 10.1 Å². The Bertz CT molecular complexity index is 494. The van der Waals surface area contributed by atoms with Gasteiger partial charge in [-0.05, 0) is 11.6 Å². The lowest BCUT2D eigenvalue weighted by molar-refractivity contribution is -0.141. The number of ether oxygens (including phenoxy) is 1. The second kappa shape index (κ2) is 8.63. The molecule has 0 heterocycles. The summed E-state index contributed by atoms with van der Waals surface area (Å²) in [5, 5.41) is 2.47. The van der Waals surface area contributed by atoms with Gasteiger partial charge in [0, 0.05) is 12.5 Å². The van der Waals surface area contributed by atoms with Gasteiger partial charge in [0.05, 0.1) is 20.1 Å². The average molecular weight is 275 g/mol. The van der Waals surface area contributed by atoms with Crippen molar-refractivity contribution < 1.29 is 19.1 Å². The minimum atomic E-state index is -0.436. The molecule has 1 rings (SSSR count). The van der Waals surface area contributed by atoms with Crippen molar-refractivity contribution in [3.05, 3.63) is 42.0 Å². The Morgan fingerprint density at radius 1 is 1.15 bits per heavy atom. The highest BCUT2D eigenvalue weighted by Gasteiger charge is 2.07. The number of Topliss-reactive ketones (excluding diaryl/α,β-unsaturated/α-hetero) is 1. The number of hydrogen-bond donors (Lipinski definition) is 1. The van der Waals surface area contributed by atoms with Gasteiger partial charge in [-0.3, -0.25) is 14.4 Å². The minimum absolute atomic E-state index is 0.0328. The van der Waals surface area contributed by atoms with E-state index in [4.69, 9.17) is 0 Å². The highest BCUT2D eigenvalue weighted by atomic mass is 16.5. The molecular weight excluding hydrogens is 258 g/mol. The molecule has 5 nitrogen and oxygen atoms in total. The van der Waals surface area contributed by atoms with E-state index in [1.807, 2.05) is 30.3 Å². The third-order valence-electron chi connectivity index (χ3n) is 2.52. The van der Waals surface area contributed by atoms with Gasteiger partial charge in [-0.15, -0.1) is 0 Å². The molecule has 0 atom stereocenters. The summed E-state index contributed by atoms with van der Waals surface area (Å²) in [4.78, 5) is 33.7. The molecule has 20 heavy (non-hydrogen) atoms. The van der Waals surface area contributed by atoms with Gasteiger partial charge in [-0.25, -0.2) is 0 Å². The van der Waals surface area contributed by atoms with Crippen LogP contribution < -0.4 is 5.32 Å². The third kappa shape index (κ3) is 6.49. The number of carbonyl (C=O) groups is 3. The maximum atomic E-state index is 11.5. The van der Waals surface area contributed by atoms with Crippen molar-refractivity contribution in [2.75, 3.05) is 13.7 Å². The van der Waals surface area contributed by atoms with E-state index >= 15 is 0 Å². The predicted molar refractivity (Wildman–Crippen MR) is 74.7 cm³/mol. The Labute approximate surface area is 117 Å². The molecular formula is C15H17NO4. The molecule has 5 heteroatoms. The van der Waals surface area contributed by atoms with Crippen LogP contribution in [0.15, 0.2) is 36.4 Å². The zero-order valence-electron chi connectivity index (χ0n) is 11.3. The average Bonchev–Trinajstić information content (AvgIpc) is 2.49. The van der Waals surface area contributed by atoms with Gasteiger partial charge in [0.2, 0.25) is 5.91 Å². The number of hydrogen-bond acceptors (Lipinski definition) is 4. The molecule has 0 saturated carbocycles. The molecule has 1 amide bonds. The van der Waals surface area contributed by atoms with Gasteiger partial charge in [0.15, 0.2) is 5.78 Å². The zero-order chi connectivity index (χ0) is 14.8. The molecule has 1 N–H and O–H groups in total. The fourth-order valence-electron chi connectivity index (χ4n) is 1.41. The Hall–Kier alpha value is -2.43. The number of benzene rings is 1. The van der Waals surface area contributed by atoms with Crippen LogP contribution in [-0.2, 0) is 19.1 Å². The summed E-state index contributed by atoms with van der Waals surface area (Å²) in [5.74, 6) is -0.995. The van der Waals surface area contributed by atoms with Gasteiger partial charge >= 0.3 is 5.97 Å². The number of amides is 1. The Kier molecular flexibility index (Phi) is 6.75. The van der Waals surface area contributed by atoms with Gasteiger partial charge in [0.25, 0.3) is 0 Å². The van der Waals surface area contributed by atoms with E-state index < -0.39 is 5.97 Å². The summed E-state index contributed by atoms with van der Waals surface area (Å²) in [6.07, 6.45) is 3.12. The van der Waals surface area contributed by atoms with E-state index in [-0.39, 0.29) is 31.1 Å². The van der Waals surface area contributed by atoms with Crippen LogP contribution in [0.3, 0.4) is 0 Å². The summed E-state index contributed by atoms with van der Waals surface area (Å²) < 4.78 is 4.42. The number of methoxy groups -OCH3 is 1. The minimum Gasteiger partial charge on any atom is -0.469 e. The number of rotatable bonds is 7. The summed E-state index contributed by atoms with van der Waals surface area (Å²) in [7, 11) is 1.27. The topological polar surface area (TPSA) is 72.5 Å². The van der Waals surface area contributed by atoms with Crippen molar-refractivity contribution >= 4 is 23.7 Å². The lowest BCUT2D eigenvalue weighted by atomic mass is 10.2. The molecule has 0 saturated heterocycles. The van der Waals surface area contributed by atoms with E-state index in [0.29, 0.717) is 0 Å². The van der Waals surface area contributed by atoms with E-state index in [1.165, 1.54) is 13.2 Å². The Morgan fingerprint density at radius 2 is 1.85 bits per heavy atom. The van der Waals surface area contributed by atoms with Crippen molar-refractivity contribution in [1.29, 1.82) is 0 Å². The zero-order valence-corrected chi connectivity index (χ0v) is 11.3. The largest absolute Gasteiger partial charge is 0.469 e. The fraction of sp³-hybridized carbons (Fsp3) is 0.267. The molecule has 0 bridgehead atoms. The van der Waals surface area contributed by atoms with Crippen LogP contribution in [0.25, 0.3) is 6.08 Å². The highest BCUT2D eigenvalue weighted by molar-refractivity contribution is 5.95. The lowest BCUT2D eigenvalue weighted by Gasteiger charge is -2.01. The fourth-order valence-corrected chi connectivity index (χ4v) is 1.41. The summed E-state index contributed by atoms with van der Waals surface area (Å²) in [5.41, 5.74) is 0.902. The maximum absolute atomic E-state index is 11.5. The number of ketones is 1. The monoisotopic (exact) mass is 275 g/mol. The third-order valence-corrected chi connectivity index (χ3v) is 2.52. The second-order valence-corrected chi connectivity index (χ2v) is 4.08. The van der Waals surface area contributed by atoms with Crippen LogP contribution in [0.4, 0.5) is 0 Å². The highest BCUT2D eigenvalue weighted by Crippen LogP contribution is 2.00. The normalized spacial score (nSPS) is 10.2. The summed E-state index contributed by atoms with van der Waals surface area (Å²) >= 11 is 0. The van der Waals surface area contributed by atoms with Gasteiger partial charge in [0.1, 0.15) is 0 Å². The first kappa shape index (κ1) is 15.6. The first-order valence-electron chi connectivity index (χ1n) is 6.21. The van der Waals surface area contributed by atoms with E-state index in [9.17, 15) is 14.4 Å². The first-order chi connectivity index (χ1) is 9.61. The molecule has 0 fully saturated rings. The second-order valence-electron chi connectivity index (χ2n) is 4.08. The molecule has 0 aliphatic heterocycles. The van der Waals surface area contributed by atoms with Crippen LogP contribution in [0.2, 0.25) is 0 Å². The van der Waals surface area contributed by atoms with E-state index in [1.54, 1.807) is 6.08 Å². The molecule has 0 radical (unpaired) electrons. The van der Waals surface area contributed by atoms with Crippen molar-refractivity contribution in [2.24, 2.45) is 0 Å². The molecule has 1 aromatic carbocycles. The quantitative estimate of drug-likeness (QED) is 0.602. The van der Waals surface area contributed by atoms with Crippen molar-refractivity contribution in [1.82, 2.24) is 5.32 Å². The van der Waals surface area contributed by atoms with Crippen LogP contribution in [-0.4, -0.2) is 31.3 Å². The number of nitrogens with one attached hydrogen (secondary N) is 1. The molecule has 0 unspecified atom stereocenters. The Morgan fingerprint density at radius 3 is 2.50 bits per heavy atom. The predicted octanol–water partition coefficient (Wildman–Crippen LogP) is 1.34. The van der Waals surface area contributed by atoms with E-state index in [2.05, 4.69) is 10.1 Å². The van der Waals surface area contributed by atoms with Gasteiger partial charge in [-0.1, -0.05) is 30.3 Å². The molecule has 0 aromatic heterocycles. The molecule has 106 valence electrons. The van der Waals surface area contributed by atoms with Crippen molar-refractivity contribution in [2.45, 2.75) is 12.8 Å². The van der Waals surface area contributed by atoms with Crippen LogP contribution >= 0.6 is 0 Å². The first-order valence-corrected chi connectivity index (χ1v) is 6.21. The van der Waals surface area contributed by atoms with Crippen LogP contribution in [0.5, 0.6) is 0 Å². The van der Waals surface area contributed by atoms with Crippen molar-refractivity contribution in [3.8, 4) is 0 Å². The van der Waals surface area contributed by atoms with Crippen molar-refractivity contribution in [3.63, 3.8) is 0 Å². The lowest BCUT2D eigenvalue weighted by Crippen LogP contribution is -2.28. The number of esters is 1. The summed E-state index contributed by atoms with van der Waals surface area (Å²) in [6, 6.07) is 9.36. The number of carbonyl (C=O) groups excluding carboxylic acids is 3. The maximum Gasteiger partial charge on any atom is 0.305 e. The van der Waals surface area contributed by atoms with Crippen LogP contribution in [0.1, 0.15) is 18.4 Å². The SMILES string of the molecule is COC(=O)CCC(=O)CNC(=O)/C=C/c1ccccc1. The standard InChI is InChI=1S/C15H17NO4/c1-20-15(19)10-8-13(17)11-16-14(18)9-7-12-5-3-2-4-6-12/h2-7,9H,8,10-11H2,1H3,(H,16,18)/b9-7+. The van der Waals surface area contributed by atoms with E-state index in [0.717, 1.165) is 5.56 Å².